The van der Waals surface area contributed by atoms with Crippen molar-refractivity contribution in [2.75, 3.05) is 26.2 Å². The average molecular weight is 619 g/mol. The normalized spacial score (nSPS) is 10.4. The standard InChI is InChI=1S/C22H30Cl2N2O4.2BrH/c23-19-15(5-7-17(27)21(19)29)9-13-25-11-3-1-2-4-12-26-14-10-16-6-8-18(28)22(30)20(16)24;;/h5-8,25-30H,1-4,9-14H2;2*1H. The van der Waals surface area contributed by atoms with Crippen LogP contribution in [0.2, 0.25) is 10.0 Å². The second-order valence-corrected chi connectivity index (χ2v) is 7.98. The van der Waals surface area contributed by atoms with Crippen molar-refractivity contribution in [1.82, 2.24) is 10.6 Å². The summed E-state index contributed by atoms with van der Waals surface area (Å²) in [7, 11) is 0. The summed E-state index contributed by atoms with van der Waals surface area (Å²) in [6.07, 6.45) is 5.87. The first-order valence-electron chi connectivity index (χ1n) is 10.2. The van der Waals surface area contributed by atoms with Crippen molar-refractivity contribution in [3.8, 4) is 23.0 Å². The SMILES string of the molecule is Br.Br.Oc1ccc(CCNCCCCCCNCCc2ccc(O)c(O)c2Cl)c(Cl)c1O. The quantitative estimate of drug-likeness (QED) is 0.131. The molecular formula is C22H32Br2Cl2N2O4. The molecule has 0 saturated heterocycles. The van der Waals surface area contributed by atoms with Gasteiger partial charge in [-0.15, -0.1) is 34.0 Å². The predicted molar refractivity (Wildman–Crippen MR) is 142 cm³/mol. The van der Waals surface area contributed by atoms with E-state index >= 15 is 0 Å². The van der Waals surface area contributed by atoms with Gasteiger partial charge in [-0.2, -0.15) is 0 Å². The molecule has 0 radical (unpaired) electrons. The number of aromatic hydroxyl groups is 4. The molecule has 0 spiro atoms. The first-order valence-corrected chi connectivity index (χ1v) is 11.0. The smallest absolute Gasteiger partial charge is 0.176 e. The molecule has 2 rings (SSSR count). The second-order valence-electron chi connectivity index (χ2n) is 7.23. The van der Waals surface area contributed by atoms with Crippen molar-refractivity contribution in [2.24, 2.45) is 0 Å². The van der Waals surface area contributed by atoms with E-state index in [9.17, 15) is 20.4 Å². The first kappa shape index (κ1) is 31.1. The van der Waals surface area contributed by atoms with Gasteiger partial charge in [0.2, 0.25) is 0 Å². The minimum Gasteiger partial charge on any atom is -0.504 e. The van der Waals surface area contributed by atoms with Gasteiger partial charge in [-0.1, -0.05) is 48.2 Å². The van der Waals surface area contributed by atoms with Crippen LogP contribution < -0.4 is 10.6 Å². The maximum atomic E-state index is 9.62. The molecule has 32 heavy (non-hydrogen) atoms. The lowest BCUT2D eigenvalue weighted by Gasteiger charge is -2.09. The Morgan fingerprint density at radius 1 is 0.562 bits per heavy atom. The molecule has 2 aromatic rings. The third-order valence-corrected chi connectivity index (χ3v) is 5.79. The van der Waals surface area contributed by atoms with E-state index < -0.39 is 0 Å². The topological polar surface area (TPSA) is 105 Å². The largest absolute Gasteiger partial charge is 0.504 e. The molecule has 0 aliphatic carbocycles. The number of benzene rings is 2. The number of nitrogens with one attached hydrogen (secondary N) is 2. The highest BCUT2D eigenvalue weighted by atomic mass is 79.9. The van der Waals surface area contributed by atoms with Crippen LogP contribution in [0.1, 0.15) is 36.8 Å². The molecule has 0 unspecified atom stereocenters. The molecule has 0 heterocycles. The van der Waals surface area contributed by atoms with Gasteiger partial charge in [0.15, 0.2) is 23.0 Å². The molecule has 10 heteroatoms. The van der Waals surface area contributed by atoms with E-state index in [2.05, 4.69) is 10.6 Å². The Labute approximate surface area is 220 Å². The summed E-state index contributed by atoms with van der Waals surface area (Å²) in [5.74, 6) is -0.913. The second kappa shape index (κ2) is 16.7. The van der Waals surface area contributed by atoms with Gasteiger partial charge in [-0.3, -0.25) is 0 Å². The van der Waals surface area contributed by atoms with Crippen LogP contribution in [0, 0.1) is 0 Å². The van der Waals surface area contributed by atoms with Crippen molar-refractivity contribution in [2.45, 2.75) is 38.5 Å². The Morgan fingerprint density at radius 3 is 1.31 bits per heavy atom. The lowest BCUT2D eigenvalue weighted by atomic mass is 10.1. The van der Waals surface area contributed by atoms with Crippen molar-refractivity contribution in [3.63, 3.8) is 0 Å². The summed E-state index contributed by atoms with van der Waals surface area (Å²) in [4.78, 5) is 0. The summed E-state index contributed by atoms with van der Waals surface area (Å²) in [5.41, 5.74) is 1.63. The summed E-state index contributed by atoms with van der Waals surface area (Å²) < 4.78 is 0. The fourth-order valence-corrected chi connectivity index (χ4v) is 3.64. The van der Waals surface area contributed by atoms with Gasteiger partial charge in [-0.05, 0) is 75.1 Å². The van der Waals surface area contributed by atoms with Crippen LogP contribution in [-0.2, 0) is 12.8 Å². The van der Waals surface area contributed by atoms with E-state index in [1.54, 1.807) is 12.1 Å². The van der Waals surface area contributed by atoms with E-state index in [0.29, 0.717) is 12.8 Å². The third-order valence-electron chi connectivity index (χ3n) is 4.95. The highest BCUT2D eigenvalue weighted by Crippen LogP contribution is 2.36. The molecule has 2 aromatic carbocycles. The lowest BCUT2D eigenvalue weighted by Crippen LogP contribution is -2.19. The Kier molecular flexibility index (Phi) is 16.2. The van der Waals surface area contributed by atoms with Gasteiger partial charge in [0.25, 0.3) is 0 Å². The maximum Gasteiger partial charge on any atom is 0.176 e. The molecule has 182 valence electrons. The zero-order valence-electron chi connectivity index (χ0n) is 17.7. The minimum atomic E-state index is -0.257. The van der Waals surface area contributed by atoms with Crippen molar-refractivity contribution >= 4 is 57.2 Å². The van der Waals surface area contributed by atoms with Crippen molar-refractivity contribution < 1.29 is 20.4 Å². The van der Waals surface area contributed by atoms with Gasteiger partial charge < -0.3 is 31.1 Å². The van der Waals surface area contributed by atoms with Crippen LogP contribution in [0.15, 0.2) is 24.3 Å². The van der Waals surface area contributed by atoms with Gasteiger partial charge in [-0.25, -0.2) is 0 Å². The Bertz CT molecular complexity index is 762. The van der Waals surface area contributed by atoms with Crippen LogP contribution in [0.3, 0.4) is 0 Å². The van der Waals surface area contributed by atoms with Gasteiger partial charge in [0.05, 0.1) is 10.0 Å². The summed E-state index contributed by atoms with van der Waals surface area (Å²) in [6.45, 7) is 3.39. The molecule has 6 nitrogen and oxygen atoms in total. The number of unbranched alkanes of at least 4 members (excludes halogenated alkanes) is 3. The van der Waals surface area contributed by atoms with Crippen LogP contribution >= 0.6 is 57.2 Å². The fraction of sp³-hybridized carbons (Fsp3) is 0.455. The van der Waals surface area contributed by atoms with Gasteiger partial charge in [0, 0.05) is 0 Å². The number of phenolic OH excluding ortho intramolecular Hbond substituents is 4. The van der Waals surface area contributed by atoms with Crippen molar-refractivity contribution in [1.29, 1.82) is 0 Å². The molecule has 6 N–H and O–H groups in total. The third kappa shape index (κ3) is 9.93. The van der Waals surface area contributed by atoms with Gasteiger partial charge in [0.1, 0.15) is 0 Å². The molecule has 0 atom stereocenters. The number of halogens is 4. The zero-order valence-corrected chi connectivity index (χ0v) is 22.7. The van der Waals surface area contributed by atoms with Crippen LogP contribution in [-0.4, -0.2) is 46.6 Å². The van der Waals surface area contributed by atoms with E-state index in [-0.39, 0.29) is 67.0 Å². The van der Waals surface area contributed by atoms with Crippen LogP contribution in [0.4, 0.5) is 0 Å². The Morgan fingerprint density at radius 2 is 0.938 bits per heavy atom. The van der Waals surface area contributed by atoms with E-state index in [1.807, 2.05) is 0 Å². The van der Waals surface area contributed by atoms with Crippen molar-refractivity contribution in [3.05, 3.63) is 45.4 Å². The molecule has 0 saturated carbocycles. The van der Waals surface area contributed by atoms with E-state index in [0.717, 1.165) is 63.0 Å². The van der Waals surface area contributed by atoms with E-state index in [4.69, 9.17) is 23.2 Å². The molecule has 0 fully saturated rings. The molecule has 0 aliphatic rings. The fourth-order valence-electron chi connectivity index (χ4n) is 3.13. The number of hydrogen-bond acceptors (Lipinski definition) is 6. The minimum absolute atomic E-state index is 0. The number of phenols is 4. The average Bonchev–Trinajstić information content (AvgIpc) is 2.74. The molecule has 0 amide bonds. The highest BCUT2D eigenvalue weighted by Gasteiger charge is 2.10. The predicted octanol–water partition coefficient (Wildman–Crippen LogP) is 5.50. The molecule has 0 bridgehead atoms. The Balaban J connectivity index is 0.00000480. The highest BCUT2D eigenvalue weighted by molar-refractivity contribution is 8.93. The Hall–Kier alpha value is -0.900. The maximum absolute atomic E-state index is 9.62. The summed E-state index contributed by atoms with van der Waals surface area (Å²) in [5, 5.41) is 45.2. The number of rotatable bonds is 13. The molecule has 0 aliphatic heterocycles. The summed E-state index contributed by atoms with van der Waals surface area (Å²) >= 11 is 12.0. The molecule has 0 aromatic heterocycles. The van der Waals surface area contributed by atoms with Crippen LogP contribution in [0.5, 0.6) is 23.0 Å². The first-order chi connectivity index (χ1) is 14.4. The molecular weight excluding hydrogens is 587 g/mol. The van der Waals surface area contributed by atoms with E-state index in [1.165, 1.54) is 12.1 Å². The summed E-state index contributed by atoms with van der Waals surface area (Å²) in [6, 6.07) is 6.36. The lowest BCUT2D eigenvalue weighted by molar-refractivity contribution is 0.403. The monoisotopic (exact) mass is 616 g/mol. The van der Waals surface area contributed by atoms with Gasteiger partial charge >= 0.3 is 0 Å². The number of hydrogen-bond donors (Lipinski definition) is 6. The zero-order chi connectivity index (χ0) is 21.9. The van der Waals surface area contributed by atoms with Crippen LogP contribution in [0.25, 0.3) is 0 Å².